The highest BCUT2D eigenvalue weighted by Crippen LogP contribution is 2.39. The van der Waals surface area contributed by atoms with Crippen molar-refractivity contribution in [3.8, 4) is 39.1 Å². The molecular formula is C56HB32N. The first-order valence-electron chi connectivity index (χ1n) is 26.5. The standard InChI is InChI=1S/C56HB32N/c57-22-2(4-10-6-8-14(31(66)27(10)62)37(72)43(78)39(74)16(8)35(70)33(68)12(6)29(64)25(4)60)1-3(5-11-7-9-15(32(67)28(11)63)38(73)44(79)40(75)17(9)36(71)34(69)13(7)30(65)26(5)61)23(58)18(22)19-24(59)20-21-42(77)45(80)47(82)51(86)55(21)89(54(20)50(85)41(19)76)56-52(87)48(83)46(81)49(84)53(56)88/h1H. The number of benzene rings is 12. The van der Waals surface area contributed by atoms with E-state index in [2.05, 4.69) is 0 Å². The topological polar surface area (TPSA) is 4.93 Å². The van der Waals surface area contributed by atoms with Gasteiger partial charge in [-0.05, 0) is 109 Å². The van der Waals surface area contributed by atoms with Crippen molar-refractivity contribution in [2.75, 3.05) is 0 Å². The van der Waals surface area contributed by atoms with Crippen LogP contribution in [-0.4, -0.2) is 256 Å². The summed E-state index contributed by atoms with van der Waals surface area (Å²) in [5.74, 6) is 0. The van der Waals surface area contributed by atoms with E-state index in [0.717, 1.165) is 0 Å². The van der Waals surface area contributed by atoms with Gasteiger partial charge in [0.05, 0.1) is 0 Å². The molecule has 64 radical (unpaired) electrons. The van der Waals surface area contributed by atoms with Crippen LogP contribution in [-0.2, 0) is 0 Å². The minimum atomic E-state index is -0.302. The van der Waals surface area contributed by atoms with Crippen LogP contribution in [0.5, 0.6) is 0 Å². The number of fused-ring (bicyclic) bond motifs is 3. The Labute approximate surface area is 557 Å². The summed E-state index contributed by atoms with van der Waals surface area (Å²) in [6.07, 6.45) is 0. The average Bonchev–Trinajstić information content (AvgIpc) is 1.65. The Balaban J connectivity index is 1.31. The molecule has 0 N–H and O–H groups in total. The Morgan fingerprint density at radius 1 is 0.146 bits per heavy atom. The zero-order chi connectivity index (χ0) is 65.0. The summed E-state index contributed by atoms with van der Waals surface area (Å²) < 4.78 is 1.39. The highest BCUT2D eigenvalue weighted by Gasteiger charge is 2.33. The summed E-state index contributed by atoms with van der Waals surface area (Å²) in [5, 5.41) is 2.15. The van der Waals surface area contributed by atoms with E-state index in [-0.39, 0.29) is 300 Å². The summed E-state index contributed by atoms with van der Waals surface area (Å²) in [6, 6.07) is 1.52. The molecule has 0 saturated heterocycles. The van der Waals surface area contributed by atoms with E-state index in [4.69, 9.17) is 251 Å². The quantitative estimate of drug-likeness (QED) is 0.122. The lowest BCUT2D eigenvalue weighted by molar-refractivity contribution is 1.22. The Bertz CT molecular complexity index is 5330. The molecule has 0 fully saturated rings. The molecular weight excluding hydrogens is 1030 g/mol. The lowest BCUT2D eigenvalue weighted by atomic mass is 9.57. The first-order valence-corrected chi connectivity index (χ1v) is 26.5. The van der Waals surface area contributed by atoms with Gasteiger partial charge in [-0.1, -0.05) is 137 Å². The maximum Gasteiger partial charge on any atom is 0.115 e. The molecule has 0 aliphatic carbocycles. The lowest BCUT2D eigenvalue weighted by Crippen LogP contribution is -2.56. The van der Waals surface area contributed by atoms with Crippen molar-refractivity contribution >= 4 is 512 Å². The minimum absolute atomic E-state index is 0.00198. The van der Waals surface area contributed by atoms with Gasteiger partial charge in [-0.2, -0.15) is 0 Å². The van der Waals surface area contributed by atoms with Gasteiger partial charge in [-0.3, -0.25) is 0 Å². The van der Waals surface area contributed by atoms with Crippen LogP contribution in [0.1, 0.15) is 0 Å². The molecule has 0 aliphatic rings. The molecule has 0 bridgehead atoms. The van der Waals surface area contributed by atoms with Crippen LogP contribution in [0.2, 0.25) is 0 Å². The predicted molar refractivity (Wildman–Crippen MR) is 417 cm³/mol. The lowest BCUT2D eigenvalue weighted by Gasteiger charge is -2.33. The third-order valence-electron chi connectivity index (χ3n) is 18.2. The summed E-state index contributed by atoms with van der Waals surface area (Å²) in [6.45, 7) is 0. The summed E-state index contributed by atoms with van der Waals surface area (Å²) >= 11 is 0. The van der Waals surface area contributed by atoms with Crippen LogP contribution in [0.3, 0.4) is 0 Å². The zero-order valence-corrected chi connectivity index (χ0v) is 47.0. The first kappa shape index (κ1) is 62.4. The molecule has 12 aromatic carbocycles. The Morgan fingerprint density at radius 3 is 0.697 bits per heavy atom. The van der Waals surface area contributed by atoms with Crippen LogP contribution in [0.4, 0.5) is 0 Å². The second kappa shape index (κ2) is 20.5. The highest BCUT2D eigenvalue weighted by molar-refractivity contribution is 6.79. The number of hydrogen-bond donors (Lipinski definition) is 0. The van der Waals surface area contributed by atoms with Gasteiger partial charge >= 0.3 is 0 Å². The summed E-state index contributed by atoms with van der Waals surface area (Å²) in [7, 11) is 223. The molecule has 0 amide bonds. The average molecular weight is 1030 g/mol. The number of rotatable bonds is 4. The summed E-state index contributed by atoms with van der Waals surface area (Å²) in [5.41, 5.74) is -4.68. The van der Waals surface area contributed by atoms with Gasteiger partial charge in [0.2, 0.25) is 0 Å². The van der Waals surface area contributed by atoms with Crippen LogP contribution >= 0.6 is 0 Å². The molecule has 0 spiro atoms. The van der Waals surface area contributed by atoms with E-state index >= 15 is 0 Å². The fourth-order valence-corrected chi connectivity index (χ4v) is 13.7. The maximum absolute atomic E-state index is 7.73. The van der Waals surface area contributed by atoms with Crippen molar-refractivity contribution in [1.29, 1.82) is 0 Å². The molecule has 33 heteroatoms. The van der Waals surface area contributed by atoms with Gasteiger partial charge < -0.3 is 4.57 Å². The molecule has 13 rings (SSSR count). The zero-order valence-electron chi connectivity index (χ0n) is 47.0. The second-order valence-electron chi connectivity index (χ2n) is 22.3. The molecule has 326 valence electrons. The highest BCUT2D eigenvalue weighted by atomic mass is 15.0. The van der Waals surface area contributed by atoms with Gasteiger partial charge in [0.1, 0.15) is 251 Å². The molecule has 1 heterocycles. The molecule has 1 aromatic heterocycles. The summed E-state index contributed by atoms with van der Waals surface area (Å²) in [4.78, 5) is 0. The smallest absolute Gasteiger partial charge is 0.115 e. The maximum atomic E-state index is 7.73. The minimum Gasteiger partial charge on any atom is -0.312 e. The van der Waals surface area contributed by atoms with E-state index in [0.29, 0.717) is 0 Å². The van der Waals surface area contributed by atoms with Gasteiger partial charge in [-0.15, -0.1) is 38.2 Å². The third-order valence-corrected chi connectivity index (χ3v) is 18.2. The second-order valence-corrected chi connectivity index (χ2v) is 22.3. The monoisotopic (exact) mass is 1040 g/mol. The Hall–Kier alpha value is -5.40. The number of aromatic nitrogens is 1. The molecule has 0 unspecified atom stereocenters. The van der Waals surface area contributed by atoms with Crippen LogP contribution in [0.25, 0.3) is 126 Å². The van der Waals surface area contributed by atoms with Crippen molar-refractivity contribution in [3.63, 3.8) is 0 Å². The third kappa shape index (κ3) is 7.55. The van der Waals surface area contributed by atoms with Gasteiger partial charge in [-0.25, -0.2) is 0 Å². The van der Waals surface area contributed by atoms with Crippen molar-refractivity contribution in [2.24, 2.45) is 0 Å². The molecule has 0 aliphatic heterocycles. The fourth-order valence-electron chi connectivity index (χ4n) is 13.7. The van der Waals surface area contributed by atoms with Crippen LogP contribution in [0, 0.1) is 0 Å². The number of nitrogens with zero attached hydrogens (tertiary/aromatic N) is 1. The molecule has 89 heavy (non-hydrogen) atoms. The van der Waals surface area contributed by atoms with Gasteiger partial charge in [0, 0.05) is 22.1 Å². The Morgan fingerprint density at radius 2 is 0.348 bits per heavy atom. The van der Waals surface area contributed by atoms with E-state index in [1.54, 1.807) is 0 Å². The van der Waals surface area contributed by atoms with Gasteiger partial charge in [0.15, 0.2) is 0 Å². The molecule has 13 aromatic rings. The fraction of sp³-hybridized carbons (Fsp3) is 0. The number of hydrogen-bond acceptors (Lipinski definition) is 0. The predicted octanol–water partition coefficient (Wildman–Crippen LogP) is -23.0. The van der Waals surface area contributed by atoms with Crippen LogP contribution in [0.15, 0.2) is 6.07 Å². The Kier molecular flexibility index (Phi) is 14.4. The van der Waals surface area contributed by atoms with Crippen molar-refractivity contribution in [1.82, 2.24) is 4.57 Å². The molecule has 0 saturated carbocycles. The first-order chi connectivity index (χ1) is 41.6. The van der Waals surface area contributed by atoms with Crippen LogP contribution < -0.4 is 175 Å². The van der Waals surface area contributed by atoms with Gasteiger partial charge in [0.25, 0.3) is 0 Å². The largest absolute Gasteiger partial charge is 0.312 e. The molecule has 0 atom stereocenters. The van der Waals surface area contributed by atoms with Crippen molar-refractivity contribution < 1.29 is 0 Å². The van der Waals surface area contributed by atoms with E-state index in [1.165, 1.54) is 10.6 Å². The van der Waals surface area contributed by atoms with E-state index in [1.807, 2.05) is 0 Å². The van der Waals surface area contributed by atoms with Crippen molar-refractivity contribution in [3.05, 3.63) is 6.07 Å². The SMILES string of the molecule is [B]c1c([B])c([B])c(-n2c3c([B])c([B])c([B])c([B])c3c3c([B])c(-c4c([B])c(-c5c([B])c([B])c6c([B])c([B])c7c([B])c([B])c([B])c8c([B])c([B])c5c6c78)cc(-c5c([B])c([B])c6c([B])c([B])c7c([B])c([B])c([B])c8c([B])c([B])c5c6c78)c4[B])c([B])c([B])c32)c([B])c1[B]. The normalized spacial score (nSPS) is 12.1. The van der Waals surface area contributed by atoms with Crippen molar-refractivity contribution in [2.45, 2.75) is 0 Å². The van der Waals surface area contributed by atoms with E-state index < -0.39 is 0 Å². The van der Waals surface area contributed by atoms with E-state index in [9.17, 15) is 0 Å². The molecule has 1 nitrogen and oxygen atoms in total.